The summed E-state index contributed by atoms with van der Waals surface area (Å²) in [5.74, 6) is 3.58. The quantitative estimate of drug-likeness (QED) is 0.813. The lowest BCUT2D eigenvalue weighted by molar-refractivity contribution is 0.338. The molecule has 1 unspecified atom stereocenters. The Balaban J connectivity index is 2.50. The zero-order chi connectivity index (χ0) is 12.7. The average Bonchev–Trinajstić information content (AvgIpc) is 2.29. The van der Waals surface area contributed by atoms with Crippen molar-refractivity contribution in [3.63, 3.8) is 0 Å². The van der Waals surface area contributed by atoms with Crippen molar-refractivity contribution < 1.29 is 4.74 Å². The van der Waals surface area contributed by atoms with Gasteiger partial charge in [-0.25, -0.2) is 0 Å². The Morgan fingerprint density at radius 2 is 2.12 bits per heavy atom. The number of pyridine rings is 1. The summed E-state index contributed by atoms with van der Waals surface area (Å²) in [6.45, 7) is 7.05. The maximum atomic E-state index is 6.13. The molecule has 0 spiro atoms. The van der Waals surface area contributed by atoms with Crippen LogP contribution in [0.5, 0.6) is 5.75 Å². The van der Waals surface area contributed by atoms with E-state index in [1.165, 1.54) is 0 Å². The molecule has 1 aromatic rings. The summed E-state index contributed by atoms with van der Waals surface area (Å²) in [4.78, 5) is 4.15. The Morgan fingerprint density at radius 1 is 1.35 bits per heavy atom. The van der Waals surface area contributed by atoms with Gasteiger partial charge in [-0.3, -0.25) is 4.98 Å². The first-order valence-corrected chi connectivity index (χ1v) is 7.20. The topological polar surface area (TPSA) is 48.1 Å². The monoisotopic (exact) mass is 254 g/mol. The third-order valence-corrected chi connectivity index (χ3v) is 3.72. The number of nitrogens with two attached hydrogens (primary N) is 1. The van der Waals surface area contributed by atoms with Crippen molar-refractivity contribution in [1.82, 2.24) is 4.98 Å². The standard InChI is InChI=1S/C13H22N2OS/c1-4-16-12-5-11(6-15-7-12)13(14)9-17-8-10(2)3/h5-7,10,13H,4,8-9,14H2,1-3H3. The minimum atomic E-state index is 0.0339. The van der Waals surface area contributed by atoms with E-state index < -0.39 is 0 Å². The van der Waals surface area contributed by atoms with Gasteiger partial charge in [0.05, 0.1) is 12.8 Å². The number of aromatic nitrogens is 1. The van der Waals surface area contributed by atoms with Crippen molar-refractivity contribution in [2.45, 2.75) is 26.8 Å². The number of hydrogen-bond donors (Lipinski definition) is 1. The number of rotatable bonds is 7. The van der Waals surface area contributed by atoms with Crippen LogP contribution in [0.2, 0.25) is 0 Å². The Labute approximate surface area is 108 Å². The molecular weight excluding hydrogens is 232 g/mol. The molecule has 1 rings (SSSR count). The normalized spacial score (nSPS) is 12.8. The molecule has 0 aliphatic carbocycles. The van der Waals surface area contributed by atoms with Crippen LogP contribution < -0.4 is 10.5 Å². The van der Waals surface area contributed by atoms with E-state index in [0.29, 0.717) is 12.5 Å². The lowest BCUT2D eigenvalue weighted by atomic mass is 10.1. The third kappa shape index (κ3) is 5.41. The van der Waals surface area contributed by atoms with Gasteiger partial charge in [-0.1, -0.05) is 13.8 Å². The molecule has 17 heavy (non-hydrogen) atoms. The molecule has 1 heterocycles. The molecule has 0 amide bonds. The smallest absolute Gasteiger partial charge is 0.137 e. The van der Waals surface area contributed by atoms with Gasteiger partial charge in [0, 0.05) is 18.0 Å². The largest absolute Gasteiger partial charge is 0.492 e. The first kappa shape index (κ1) is 14.3. The average molecular weight is 254 g/mol. The molecule has 0 saturated carbocycles. The molecule has 0 bridgehead atoms. The molecule has 0 aliphatic heterocycles. The second-order valence-electron chi connectivity index (χ2n) is 4.42. The van der Waals surface area contributed by atoms with Crippen LogP contribution in [0.3, 0.4) is 0 Å². The number of hydrogen-bond acceptors (Lipinski definition) is 4. The molecule has 0 radical (unpaired) electrons. The lowest BCUT2D eigenvalue weighted by Gasteiger charge is -2.13. The van der Waals surface area contributed by atoms with E-state index in [1.807, 2.05) is 30.9 Å². The van der Waals surface area contributed by atoms with Crippen LogP contribution in [0.4, 0.5) is 0 Å². The maximum Gasteiger partial charge on any atom is 0.137 e. The minimum absolute atomic E-state index is 0.0339. The van der Waals surface area contributed by atoms with Crippen LogP contribution in [0.15, 0.2) is 18.5 Å². The van der Waals surface area contributed by atoms with Gasteiger partial charge in [0.1, 0.15) is 5.75 Å². The third-order valence-electron chi connectivity index (χ3n) is 2.22. The predicted molar refractivity (Wildman–Crippen MR) is 74.5 cm³/mol. The summed E-state index contributed by atoms with van der Waals surface area (Å²) >= 11 is 1.89. The van der Waals surface area contributed by atoms with Gasteiger partial charge in [-0.15, -0.1) is 0 Å². The van der Waals surface area contributed by atoms with E-state index >= 15 is 0 Å². The number of ether oxygens (including phenoxy) is 1. The van der Waals surface area contributed by atoms with Crippen LogP contribution in [0.25, 0.3) is 0 Å². The van der Waals surface area contributed by atoms with Gasteiger partial charge >= 0.3 is 0 Å². The van der Waals surface area contributed by atoms with Gasteiger partial charge in [0.25, 0.3) is 0 Å². The molecule has 96 valence electrons. The summed E-state index contributed by atoms with van der Waals surface area (Å²) in [7, 11) is 0. The van der Waals surface area contributed by atoms with Gasteiger partial charge < -0.3 is 10.5 Å². The second-order valence-corrected chi connectivity index (χ2v) is 5.50. The van der Waals surface area contributed by atoms with Crippen molar-refractivity contribution in [3.05, 3.63) is 24.0 Å². The van der Waals surface area contributed by atoms with Crippen LogP contribution >= 0.6 is 11.8 Å². The summed E-state index contributed by atoms with van der Waals surface area (Å²) in [5.41, 5.74) is 7.18. The van der Waals surface area contributed by atoms with E-state index in [4.69, 9.17) is 10.5 Å². The van der Waals surface area contributed by atoms with Crippen molar-refractivity contribution in [2.24, 2.45) is 11.7 Å². The summed E-state index contributed by atoms with van der Waals surface area (Å²) in [6.07, 6.45) is 3.55. The van der Waals surface area contributed by atoms with E-state index in [9.17, 15) is 0 Å². The fourth-order valence-corrected chi connectivity index (χ4v) is 2.46. The molecule has 2 N–H and O–H groups in total. The van der Waals surface area contributed by atoms with E-state index in [0.717, 1.165) is 22.8 Å². The van der Waals surface area contributed by atoms with Crippen molar-refractivity contribution in [2.75, 3.05) is 18.1 Å². The zero-order valence-corrected chi connectivity index (χ0v) is 11.7. The Hall–Kier alpha value is -0.740. The molecular formula is C13H22N2OS. The molecule has 0 saturated heterocycles. The van der Waals surface area contributed by atoms with Gasteiger partial charge in [0.15, 0.2) is 0 Å². The lowest BCUT2D eigenvalue weighted by Crippen LogP contribution is -2.14. The summed E-state index contributed by atoms with van der Waals surface area (Å²) in [6, 6.07) is 2.02. The molecule has 1 aromatic heterocycles. The van der Waals surface area contributed by atoms with Crippen molar-refractivity contribution in [1.29, 1.82) is 0 Å². The van der Waals surface area contributed by atoms with Gasteiger partial charge in [-0.2, -0.15) is 11.8 Å². The van der Waals surface area contributed by atoms with Crippen LogP contribution in [-0.2, 0) is 0 Å². The van der Waals surface area contributed by atoms with Crippen molar-refractivity contribution in [3.8, 4) is 5.75 Å². The molecule has 3 nitrogen and oxygen atoms in total. The Morgan fingerprint density at radius 3 is 2.76 bits per heavy atom. The van der Waals surface area contributed by atoms with Crippen LogP contribution in [-0.4, -0.2) is 23.1 Å². The van der Waals surface area contributed by atoms with Crippen LogP contribution in [0, 0.1) is 5.92 Å². The summed E-state index contributed by atoms with van der Waals surface area (Å²) in [5, 5.41) is 0. The van der Waals surface area contributed by atoms with E-state index in [2.05, 4.69) is 18.8 Å². The molecule has 0 aliphatic rings. The molecule has 0 aromatic carbocycles. The SMILES string of the molecule is CCOc1cncc(C(N)CSCC(C)C)c1. The Kier molecular flexibility index (Phi) is 6.37. The van der Waals surface area contributed by atoms with Gasteiger partial charge in [-0.05, 0) is 30.2 Å². The predicted octanol–water partition coefficient (Wildman–Crippen LogP) is 2.87. The highest BCUT2D eigenvalue weighted by atomic mass is 32.2. The first-order valence-electron chi connectivity index (χ1n) is 6.04. The first-order chi connectivity index (χ1) is 8.13. The molecule has 0 fully saturated rings. The van der Waals surface area contributed by atoms with E-state index in [1.54, 1.807) is 6.20 Å². The summed E-state index contributed by atoms with van der Waals surface area (Å²) < 4.78 is 5.41. The van der Waals surface area contributed by atoms with Gasteiger partial charge in [0.2, 0.25) is 0 Å². The van der Waals surface area contributed by atoms with E-state index in [-0.39, 0.29) is 6.04 Å². The zero-order valence-electron chi connectivity index (χ0n) is 10.8. The molecule has 1 atom stereocenters. The molecule has 4 heteroatoms. The fraction of sp³-hybridized carbons (Fsp3) is 0.615. The second kappa shape index (κ2) is 7.56. The number of nitrogens with zero attached hydrogens (tertiary/aromatic N) is 1. The minimum Gasteiger partial charge on any atom is -0.492 e. The number of thioether (sulfide) groups is 1. The van der Waals surface area contributed by atoms with Crippen LogP contribution in [0.1, 0.15) is 32.4 Å². The fourth-order valence-electron chi connectivity index (χ4n) is 1.41. The van der Waals surface area contributed by atoms with Crippen molar-refractivity contribution >= 4 is 11.8 Å². The maximum absolute atomic E-state index is 6.13. The highest BCUT2D eigenvalue weighted by Crippen LogP contribution is 2.20. The highest BCUT2D eigenvalue weighted by Gasteiger charge is 2.08. The Bertz CT molecular complexity index is 331. The highest BCUT2D eigenvalue weighted by molar-refractivity contribution is 7.99.